The molecular weight excluding hydrogens is 364 g/mol. The Morgan fingerprint density at radius 2 is 1.79 bits per heavy atom. The van der Waals surface area contributed by atoms with Crippen molar-refractivity contribution in [2.75, 3.05) is 13.1 Å². The number of benzene rings is 1. The van der Waals surface area contributed by atoms with Crippen LogP contribution in [0, 0.1) is 13.8 Å². The SMILES string of the molecule is CCn1c(=O)c(CCC(=O)N2CCCC2)c(C)c2c(C)nn(-c3ccccc3)c21. The molecule has 3 aromatic rings. The van der Waals surface area contributed by atoms with Crippen LogP contribution in [0.3, 0.4) is 0 Å². The molecule has 1 aliphatic heterocycles. The predicted octanol–water partition coefficient (Wildman–Crippen LogP) is 3.38. The number of hydrogen-bond acceptors (Lipinski definition) is 3. The molecule has 6 nitrogen and oxygen atoms in total. The third-order valence-electron chi connectivity index (χ3n) is 5.99. The molecule has 0 bridgehead atoms. The number of pyridine rings is 1. The summed E-state index contributed by atoms with van der Waals surface area (Å²) in [4.78, 5) is 27.8. The molecule has 1 aromatic carbocycles. The molecule has 4 rings (SSSR count). The van der Waals surface area contributed by atoms with E-state index in [0.717, 1.165) is 59.5 Å². The Balaban J connectivity index is 1.80. The monoisotopic (exact) mass is 392 g/mol. The van der Waals surface area contributed by atoms with Crippen LogP contribution in [0.2, 0.25) is 0 Å². The maximum absolute atomic E-state index is 13.4. The van der Waals surface area contributed by atoms with Crippen LogP contribution in [0.15, 0.2) is 35.1 Å². The van der Waals surface area contributed by atoms with Crippen molar-refractivity contribution in [1.82, 2.24) is 19.2 Å². The minimum absolute atomic E-state index is 0.0104. The standard InChI is InChI=1S/C23H28N4O2/c1-4-26-22-21(17(3)24-27(22)18-10-6-5-7-11-18)16(2)19(23(26)29)12-13-20(28)25-14-8-9-15-25/h5-7,10-11H,4,8-9,12-15H2,1-3H3. The van der Waals surface area contributed by atoms with Crippen molar-refractivity contribution in [3.63, 3.8) is 0 Å². The van der Waals surface area contributed by atoms with Gasteiger partial charge >= 0.3 is 0 Å². The second-order valence-electron chi connectivity index (χ2n) is 7.77. The van der Waals surface area contributed by atoms with E-state index in [9.17, 15) is 9.59 Å². The maximum Gasteiger partial charge on any atom is 0.255 e. The van der Waals surface area contributed by atoms with Crippen molar-refractivity contribution in [1.29, 1.82) is 0 Å². The van der Waals surface area contributed by atoms with Crippen LogP contribution in [-0.2, 0) is 17.8 Å². The Morgan fingerprint density at radius 3 is 2.45 bits per heavy atom. The van der Waals surface area contributed by atoms with Gasteiger partial charge in [-0.05, 0) is 57.7 Å². The number of amides is 1. The summed E-state index contributed by atoms with van der Waals surface area (Å²) in [6.45, 7) is 8.20. The van der Waals surface area contributed by atoms with Crippen LogP contribution in [0.25, 0.3) is 16.7 Å². The Hall–Kier alpha value is -2.89. The van der Waals surface area contributed by atoms with Crippen LogP contribution < -0.4 is 5.56 Å². The molecule has 3 heterocycles. The first-order chi connectivity index (χ1) is 14.0. The fourth-order valence-corrected chi connectivity index (χ4v) is 4.47. The molecule has 1 amide bonds. The quantitative estimate of drug-likeness (QED) is 0.669. The molecule has 1 saturated heterocycles. The highest BCUT2D eigenvalue weighted by Gasteiger charge is 2.23. The Kier molecular flexibility index (Phi) is 5.26. The first kappa shape index (κ1) is 19.4. The van der Waals surface area contributed by atoms with Gasteiger partial charge in [0.15, 0.2) is 0 Å². The van der Waals surface area contributed by atoms with E-state index in [0.29, 0.717) is 19.4 Å². The van der Waals surface area contributed by atoms with Crippen molar-refractivity contribution in [2.24, 2.45) is 0 Å². The lowest BCUT2D eigenvalue weighted by Gasteiger charge is -2.17. The topological polar surface area (TPSA) is 60.1 Å². The van der Waals surface area contributed by atoms with Gasteiger partial charge in [0.1, 0.15) is 5.65 Å². The fourth-order valence-electron chi connectivity index (χ4n) is 4.47. The maximum atomic E-state index is 13.4. The Labute approximate surface area is 170 Å². The third-order valence-corrected chi connectivity index (χ3v) is 5.99. The number of aryl methyl sites for hydroxylation is 3. The fraction of sp³-hybridized carbons (Fsp3) is 0.435. The van der Waals surface area contributed by atoms with Gasteiger partial charge in [-0.15, -0.1) is 0 Å². The van der Waals surface area contributed by atoms with E-state index >= 15 is 0 Å². The van der Waals surface area contributed by atoms with Gasteiger partial charge in [0, 0.05) is 37.0 Å². The Morgan fingerprint density at radius 1 is 1.10 bits per heavy atom. The average Bonchev–Trinajstić information content (AvgIpc) is 3.37. The molecular formula is C23H28N4O2. The minimum Gasteiger partial charge on any atom is -0.343 e. The number of fused-ring (bicyclic) bond motifs is 1. The molecule has 0 atom stereocenters. The average molecular weight is 393 g/mol. The number of carbonyl (C=O) groups excluding carboxylic acids is 1. The van der Waals surface area contributed by atoms with E-state index < -0.39 is 0 Å². The van der Waals surface area contributed by atoms with Gasteiger partial charge in [0.25, 0.3) is 5.56 Å². The van der Waals surface area contributed by atoms with Gasteiger partial charge in [-0.3, -0.25) is 14.2 Å². The predicted molar refractivity (Wildman–Crippen MR) is 115 cm³/mol. The first-order valence-electron chi connectivity index (χ1n) is 10.5. The molecule has 2 aromatic heterocycles. The van der Waals surface area contributed by atoms with E-state index in [2.05, 4.69) is 0 Å². The number of hydrogen-bond donors (Lipinski definition) is 0. The van der Waals surface area contributed by atoms with E-state index in [-0.39, 0.29) is 11.5 Å². The molecule has 29 heavy (non-hydrogen) atoms. The highest BCUT2D eigenvalue weighted by atomic mass is 16.2. The smallest absolute Gasteiger partial charge is 0.255 e. The molecule has 0 saturated carbocycles. The summed E-state index contributed by atoms with van der Waals surface area (Å²) in [6.07, 6.45) is 3.03. The van der Waals surface area contributed by atoms with Crippen molar-refractivity contribution < 1.29 is 4.79 Å². The van der Waals surface area contributed by atoms with E-state index in [4.69, 9.17) is 5.10 Å². The highest BCUT2D eigenvalue weighted by molar-refractivity contribution is 5.85. The van der Waals surface area contributed by atoms with Gasteiger partial charge in [-0.2, -0.15) is 5.10 Å². The van der Waals surface area contributed by atoms with Gasteiger partial charge in [-0.25, -0.2) is 4.68 Å². The highest BCUT2D eigenvalue weighted by Crippen LogP contribution is 2.26. The minimum atomic E-state index is -0.0104. The van der Waals surface area contributed by atoms with Gasteiger partial charge in [0.2, 0.25) is 5.91 Å². The lowest BCUT2D eigenvalue weighted by molar-refractivity contribution is -0.130. The number of carbonyl (C=O) groups is 1. The number of aromatic nitrogens is 3. The van der Waals surface area contributed by atoms with Crippen LogP contribution in [0.5, 0.6) is 0 Å². The molecule has 0 aliphatic carbocycles. The zero-order valence-electron chi connectivity index (χ0n) is 17.4. The normalized spacial score (nSPS) is 14.1. The molecule has 0 radical (unpaired) electrons. The summed E-state index contributed by atoms with van der Waals surface area (Å²) in [5, 5.41) is 5.76. The number of nitrogens with zero attached hydrogens (tertiary/aromatic N) is 4. The summed E-state index contributed by atoms with van der Waals surface area (Å²) >= 11 is 0. The molecule has 1 fully saturated rings. The van der Waals surface area contributed by atoms with Crippen LogP contribution in [-0.4, -0.2) is 38.2 Å². The molecule has 6 heteroatoms. The van der Waals surface area contributed by atoms with Crippen molar-refractivity contribution in [3.8, 4) is 5.69 Å². The summed E-state index contributed by atoms with van der Waals surface area (Å²) in [5.74, 6) is 0.154. The molecule has 152 valence electrons. The second kappa shape index (κ2) is 7.85. The van der Waals surface area contributed by atoms with Crippen molar-refractivity contribution in [3.05, 3.63) is 57.5 Å². The van der Waals surface area contributed by atoms with Crippen molar-refractivity contribution >= 4 is 16.9 Å². The molecule has 1 aliphatic rings. The second-order valence-corrected chi connectivity index (χ2v) is 7.77. The third kappa shape index (κ3) is 3.37. The van der Waals surface area contributed by atoms with Gasteiger partial charge in [-0.1, -0.05) is 18.2 Å². The van der Waals surface area contributed by atoms with E-state index in [1.165, 1.54) is 0 Å². The summed E-state index contributed by atoms with van der Waals surface area (Å²) in [5.41, 5.74) is 4.34. The van der Waals surface area contributed by atoms with Gasteiger partial charge in [0.05, 0.1) is 11.4 Å². The number of likely N-dealkylation sites (tertiary alicyclic amines) is 1. The lowest BCUT2D eigenvalue weighted by Crippen LogP contribution is -2.30. The van der Waals surface area contributed by atoms with E-state index in [1.807, 2.05) is 60.7 Å². The van der Waals surface area contributed by atoms with Gasteiger partial charge < -0.3 is 4.90 Å². The van der Waals surface area contributed by atoms with Crippen LogP contribution >= 0.6 is 0 Å². The van der Waals surface area contributed by atoms with Crippen molar-refractivity contribution in [2.45, 2.75) is 53.0 Å². The first-order valence-corrected chi connectivity index (χ1v) is 10.5. The summed E-state index contributed by atoms with van der Waals surface area (Å²) < 4.78 is 3.66. The summed E-state index contributed by atoms with van der Waals surface area (Å²) in [7, 11) is 0. The molecule has 0 spiro atoms. The lowest BCUT2D eigenvalue weighted by atomic mass is 10.0. The number of rotatable bonds is 5. The largest absolute Gasteiger partial charge is 0.343 e. The van der Waals surface area contributed by atoms with Crippen LogP contribution in [0.4, 0.5) is 0 Å². The zero-order chi connectivity index (χ0) is 20.5. The van der Waals surface area contributed by atoms with Crippen LogP contribution in [0.1, 0.15) is 43.0 Å². The van der Waals surface area contributed by atoms with E-state index in [1.54, 1.807) is 4.57 Å². The molecule has 0 unspecified atom stereocenters. The Bertz CT molecular complexity index is 1110. The molecule has 0 N–H and O–H groups in total. The number of para-hydroxylation sites is 1. The summed E-state index contributed by atoms with van der Waals surface area (Å²) in [6, 6.07) is 9.90. The zero-order valence-corrected chi connectivity index (χ0v) is 17.4.